The maximum atomic E-state index is 11.7. The van der Waals surface area contributed by atoms with Crippen molar-refractivity contribution < 1.29 is 26.7 Å². The Bertz CT molecular complexity index is 274. The van der Waals surface area contributed by atoms with Crippen molar-refractivity contribution in [2.24, 2.45) is 0 Å². The molecule has 0 rings (SSSR count). The number of sulfonamides is 1. The number of rotatable bonds is 6. The topological polar surface area (TPSA) is 66.4 Å². The highest BCUT2D eigenvalue weighted by molar-refractivity contribution is 7.89. The van der Waals surface area contributed by atoms with Crippen molar-refractivity contribution >= 4 is 10.0 Å². The van der Waals surface area contributed by atoms with Crippen molar-refractivity contribution in [3.8, 4) is 0 Å². The molecule has 15 heavy (non-hydrogen) atoms. The minimum absolute atomic E-state index is 0.186. The van der Waals surface area contributed by atoms with Gasteiger partial charge in [0, 0.05) is 13.0 Å². The van der Waals surface area contributed by atoms with Gasteiger partial charge in [0.1, 0.15) is 0 Å². The largest absolute Gasteiger partial charge is 0.392 e. The van der Waals surface area contributed by atoms with Crippen molar-refractivity contribution in [3.05, 3.63) is 0 Å². The molecule has 0 spiro atoms. The zero-order chi connectivity index (χ0) is 12.1. The van der Waals surface area contributed by atoms with Crippen LogP contribution in [0.1, 0.15) is 19.8 Å². The molecular formula is C7H14F3NO3S. The molecule has 0 aromatic heterocycles. The fraction of sp³-hybridized carbons (Fsp3) is 1.00. The van der Waals surface area contributed by atoms with Crippen LogP contribution in [0.3, 0.4) is 0 Å². The van der Waals surface area contributed by atoms with Crippen LogP contribution < -0.4 is 4.72 Å². The zero-order valence-electron chi connectivity index (χ0n) is 8.21. The monoisotopic (exact) mass is 249 g/mol. The van der Waals surface area contributed by atoms with Crippen LogP contribution in [0.15, 0.2) is 0 Å². The second-order valence-electron chi connectivity index (χ2n) is 3.24. The molecule has 0 aliphatic carbocycles. The molecule has 0 saturated carbocycles. The Morgan fingerprint density at radius 3 is 2.33 bits per heavy atom. The molecule has 0 bridgehead atoms. The van der Waals surface area contributed by atoms with Crippen LogP contribution in [-0.2, 0) is 10.0 Å². The SMILES string of the molecule is C[C@@H](O)CNS(=O)(=O)CCCC(F)(F)F. The average Bonchev–Trinajstić information content (AvgIpc) is 1.98. The van der Waals surface area contributed by atoms with E-state index >= 15 is 0 Å². The third kappa shape index (κ3) is 9.95. The average molecular weight is 249 g/mol. The van der Waals surface area contributed by atoms with Gasteiger partial charge in [-0.05, 0) is 13.3 Å². The molecule has 0 amide bonds. The molecule has 0 radical (unpaired) electrons. The van der Waals surface area contributed by atoms with Gasteiger partial charge in [0.25, 0.3) is 0 Å². The minimum atomic E-state index is -4.33. The fourth-order valence-corrected chi connectivity index (χ4v) is 1.95. The second kappa shape index (κ2) is 5.66. The third-order valence-corrected chi connectivity index (χ3v) is 2.90. The van der Waals surface area contributed by atoms with E-state index in [1.807, 2.05) is 4.72 Å². The molecule has 92 valence electrons. The molecule has 0 aliphatic heterocycles. The molecule has 0 saturated heterocycles. The van der Waals surface area contributed by atoms with Crippen LogP contribution in [0.2, 0.25) is 0 Å². The lowest BCUT2D eigenvalue weighted by Crippen LogP contribution is -2.32. The smallest absolute Gasteiger partial charge is 0.389 e. The van der Waals surface area contributed by atoms with Gasteiger partial charge in [-0.2, -0.15) is 13.2 Å². The first kappa shape index (κ1) is 14.7. The van der Waals surface area contributed by atoms with Crippen molar-refractivity contribution in [1.29, 1.82) is 0 Å². The summed E-state index contributed by atoms with van der Waals surface area (Å²) in [5, 5.41) is 8.76. The minimum Gasteiger partial charge on any atom is -0.392 e. The molecule has 0 unspecified atom stereocenters. The van der Waals surface area contributed by atoms with Gasteiger partial charge in [-0.15, -0.1) is 0 Å². The van der Waals surface area contributed by atoms with E-state index in [0.717, 1.165) is 0 Å². The molecule has 0 aliphatic rings. The highest BCUT2D eigenvalue weighted by atomic mass is 32.2. The lowest BCUT2D eigenvalue weighted by Gasteiger charge is -2.09. The lowest BCUT2D eigenvalue weighted by atomic mass is 10.3. The van der Waals surface area contributed by atoms with Crippen LogP contribution in [0.4, 0.5) is 13.2 Å². The maximum Gasteiger partial charge on any atom is 0.389 e. The standard InChI is InChI=1S/C7H14F3NO3S/c1-6(12)5-11-15(13,14)4-2-3-7(8,9)10/h6,11-12H,2-5H2,1H3/t6-/m1/s1. The lowest BCUT2D eigenvalue weighted by molar-refractivity contribution is -0.134. The maximum absolute atomic E-state index is 11.7. The van der Waals surface area contributed by atoms with E-state index in [0.29, 0.717) is 0 Å². The van der Waals surface area contributed by atoms with Gasteiger partial charge < -0.3 is 5.11 Å². The van der Waals surface area contributed by atoms with E-state index in [1.165, 1.54) is 6.92 Å². The highest BCUT2D eigenvalue weighted by Gasteiger charge is 2.27. The first-order valence-electron chi connectivity index (χ1n) is 4.34. The van der Waals surface area contributed by atoms with Crippen LogP contribution >= 0.6 is 0 Å². The van der Waals surface area contributed by atoms with Crippen molar-refractivity contribution in [1.82, 2.24) is 4.72 Å². The molecule has 4 nitrogen and oxygen atoms in total. The van der Waals surface area contributed by atoms with E-state index < -0.39 is 40.9 Å². The second-order valence-corrected chi connectivity index (χ2v) is 5.16. The number of nitrogens with one attached hydrogen (secondary N) is 1. The van der Waals surface area contributed by atoms with Gasteiger partial charge in [-0.3, -0.25) is 0 Å². The van der Waals surface area contributed by atoms with Gasteiger partial charge in [-0.25, -0.2) is 13.1 Å². The number of alkyl halides is 3. The summed E-state index contributed by atoms with van der Waals surface area (Å²) < 4.78 is 59.1. The molecule has 0 aromatic rings. The third-order valence-electron chi connectivity index (χ3n) is 1.47. The van der Waals surface area contributed by atoms with Crippen molar-refractivity contribution in [2.45, 2.75) is 32.0 Å². The van der Waals surface area contributed by atoms with Crippen LogP contribution in [-0.4, -0.2) is 38.1 Å². The Balaban J connectivity index is 3.85. The summed E-state index contributed by atoms with van der Waals surface area (Å²) in [6.45, 7) is 1.19. The van der Waals surface area contributed by atoms with E-state index in [1.54, 1.807) is 0 Å². The summed E-state index contributed by atoms with van der Waals surface area (Å²) in [6, 6.07) is 0. The Morgan fingerprint density at radius 1 is 1.40 bits per heavy atom. The van der Waals surface area contributed by atoms with Gasteiger partial charge in [0.2, 0.25) is 10.0 Å². The Kier molecular flexibility index (Phi) is 5.54. The molecule has 0 heterocycles. The van der Waals surface area contributed by atoms with E-state index in [4.69, 9.17) is 5.11 Å². The number of aliphatic hydroxyl groups excluding tert-OH is 1. The Morgan fingerprint density at radius 2 is 1.93 bits per heavy atom. The number of aliphatic hydroxyl groups is 1. The Labute approximate surface area is 86.5 Å². The summed E-state index contributed by atoms with van der Waals surface area (Å²) >= 11 is 0. The van der Waals surface area contributed by atoms with Gasteiger partial charge in [-0.1, -0.05) is 0 Å². The number of halogens is 3. The quantitative estimate of drug-likeness (QED) is 0.725. The summed E-state index contributed by atoms with van der Waals surface area (Å²) in [6.07, 6.45) is -6.79. The van der Waals surface area contributed by atoms with Crippen LogP contribution in [0.5, 0.6) is 0 Å². The number of hydrogen-bond acceptors (Lipinski definition) is 3. The van der Waals surface area contributed by atoms with Gasteiger partial charge in [0.15, 0.2) is 0 Å². The van der Waals surface area contributed by atoms with Crippen molar-refractivity contribution in [2.75, 3.05) is 12.3 Å². The summed E-state index contributed by atoms with van der Waals surface area (Å²) in [5.41, 5.74) is 0. The van der Waals surface area contributed by atoms with Gasteiger partial charge in [0.05, 0.1) is 11.9 Å². The van der Waals surface area contributed by atoms with Crippen LogP contribution in [0, 0.1) is 0 Å². The summed E-state index contributed by atoms with van der Waals surface area (Å²) in [7, 11) is -3.71. The van der Waals surface area contributed by atoms with E-state index in [9.17, 15) is 21.6 Å². The molecule has 0 aromatic carbocycles. The molecular weight excluding hydrogens is 235 g/mol. The predicted octanol–water partition coefficient (Wildman–Crippen LogP) is 0.629. The number of hydrogen-bond donors (Lipinski definition) is 2. The first-order chi connectivity index (χ1) is 6.62. The normalized spacial score (nSPS) is 15.3. The predicted molar refractivity (Wildman–Crippen MR) is 48.8 cm³/mol. The zero-order valence-corrected chi connectivity index (χ0v) is 9.03. The highest BCUT2D eigenvalue weighted by Crippen LogP contribution is 2.21. The van der Waals surface area contributed by atoms with Crippen molar-refractivity contribution in [3.63, 3.8) is 0 Å². The molecule has 8 heteroatoms. The van der Waals surface area contributed by atoms with E-state index in [-0.39, 0.29) is 6.54 Å². The Hall–Kier alpha value is -0.340. The molecule has 1 atom stereocenters. The summed E-state index contributed by atoms with van der Waals surface area (Å²) in [4.78, 5) is 0. The summed E-state index contributed by atoms with van der Waals surface area (Å²) in [5.74, 6) is -0.584. The van der Waals surface area contributed by atoms with E-state index in [2.05, 4.69) is 0 Å². The van der Waals surface area contributed by atoms with Gasteiger partial charge >= 0.3 is 6.18 Å². The first-order valence-corrected chi connectivity index (χ1v) is 6.00. The fourth-order valence-electron chi connectivity index (χ4n) is 0.782. The van der Waals surface area contributed by atoms with Crippen LogP contribution in [0.25, 0.3) is 0 Å². The molecule has 0 fully saturated rings. The molecule has 2 N–H and O–H groups in total.